The number of hydrazone groups is 1. The number of benzene rings is 3. The van der Waals surface area contributed by atoms with Gasteiger partial charge in [0.1, 0.15) is 5.75 Å². The Morgan fingerprint density at radius 2 is 1.74 bits per heavy atom. The molecule has 0 bridgehead atoms. The quantitative estimate of drug-likeness (QED) is 0.466. The first-order valence-corrected chi connectivity index (χ1v) is 10.6. The van der Waals surface area contributed by atoms with Gasteiger partial charge in [-0.1, -0.05) is 47.5 Å². The maximum absolute atomic E-state index is 6.36. The van der Waals surface area contributed by atoms with Crippen LogP contribution < -0.4 is 14.2 Å². The molecule has 3 aromatic carbocycles. The minimum atomic E-state index is -0.410. The molecule has 0 amide bonds. The lowest BCUT2D eigenvalue weighted by atomic mass is 9.96. The first kappa shape index (κ1) is 20.0. The normalized spacial score (nSPS) is 19.2. The highest BCUT2D eigenvalue weighted by Gasteiger charge is 2.41. The molecule has 7 heteroatoms. The van der Waals surface area contributed by atoms with Crippen LogP contribution in [0.2, 0.25) is 10.0 Å². The molecule has 158 valence electrons. The number of hydrogen-bond donors (Lipinski definition) is 0. The Bertz CT molecular complexity index is 1180. The molecule has 2 aliphatic rings. The summed E-state index contributed by atoms with van der Waals surface area (Å²) < 4.78 is 17.2. The molecule has 0 aromatic heterocycles. The van der Waals surface area contributed by atoms with Crippen molar-refractivity contribution in [1.29, 1.82) is 0 Å². The molecule has 5 nitrogen and oxygen atoms in total. The Kier molecular flexibility index (Phi) is 5.16. The zero-order chi connectivity index (χ0) is 21.5. The number of rotatable bonds is 4. The van der Waals surface area contributed by atoms with E-state index in [4.69, 9.17) is 42.5 Å². The first-order valence-electron chi connectivity index (χ1n) is 9.88. The summed E-state index contributed by atoms with van der Waals surface area (Å²) in [5, 5.41) is 7.98. The molecule has 5 rings (SSSR count). The Morgan fingerprint density at radius 3 is 2.52 bits per heavy atom. The number of ether oxygens (including phenoxy) is 3. The van der Waals surface area contributed by atoms with Gasteiger partial charge in [0.05, 0.1) is 36.0 Å². The standard InChI is InChI=1S/C24H20Cl2N2O3/c1-29-22-10-8-14(12-23(22)30-2)19-13-20-16-5-3-4-6-21(16)31-24(28(20)27-19)15-7-9-17(25)18(26)11-15/h3-12,20,24H,13H2,1-2H3. The lowest BCUT2D eigenvalue weighted by molar-refractivity contribution is -0.0190. The molecule has 0 N–H and O–H groups in total. The van der Waals surface area contributed by atoms with E-state index in [9.17, 15) is 0 Å². The second kappa shape index (κ2) is 7.98. The lowest BCUT2D eigenvalue weighted by Crippen LogP contribution is -2.33. The van der Waals surface area contributed by atoms with Gasteiger partial charge in [0.2, 0.25) is 6.23 Å². The predicted octanol–water partition coefficient (Wildman–Crippen LogP) is 6.25. The smallest absolute Gasteiger partial charge is 0.213 e. The fraction of sp³-hybridized carbons (Fsp3) is 0.208. The maximum Gasteiger partial charge on any atom is 0.213 e. The van der Waals surface area contributed by atoms with Gasteiger partial charge in [-0.15, -0.1) is 0 Å². The average molecular weight is 455 g/mol. The highest BCUT2D eigenvalue weighted by Crippen LogP contribution is 2.48. The summed E-state index contributed by atoms with van der Waals surface area (Å²) in [7, 11) is 3.26. The van der Waals surface area contributed by atoms with Gasteiger partial charge in [-0.25, -0.2) is 5.01 Å². The molecule has 0 aliphatic carbocycles. The molecule has 0 saturated heterocycles. The van der Waals surface area contributed by atoms with Crippen molar-refractivity contribution in [3.63, 3.8) is 0 Å². The SMILES string of the molecule is COc1ccc(C2=NN3C(C2)c2ccccc2OC3c2ccc(Cl)c(Cl)c2)cc1OC. The highest BCUT2D eigenvalue weighted by molar-refractivity contribution is 6.42. The third-order valence-electron chi connectivity index (χ3n) is 5.64. The summed E-state index contributed by atoms with van der Waals surface area (Å²) in [6.07, 6.45) is 0.334. The van der Waals surface area contributed by atoms with Gasteiger partial charge < -0.3 is 14.2 Å². The Morgan fingerprint density at radius 1 is 0.935 bits per heavy atom. The van der Waals surface area contributed by atoms with Crippen molar-refractivity contribution in [3.05, 3.63) is 87.4 Å². The minimum Gasteiger partial charge on any atom is -0.493 e. The maximum atomic E-state index is 6.36. The van der Waals surface area contributed by atoms with Crippen LogP contribution >= 0.6 is 23.2 Å². The molecule has 0 spiro atoms. The van der Waals surface area contributed by atoms with Crippen molar-refractivity contribution in [2.75, 3.05) is 14.2 Å². The second-order valence-electron chi connectivity index (χ2n) is 7.40. The summed E-state index contributed by atoms with van der Waals surface area (Å²) in [6.45, 7) is 0. The molecule has 3 aromatic rings. The topological polar surface area (TPSA) is 43.3 Å². The van der Waals surface area contributed by atoms with Gasteiger partial charge in [-0.3, -0.25) is 0 Å². The third kappa shape index (κ3) is 3.48. The van der Waals surface area contributed by atoms with Crippen molar-refractivity contribution in [2.45, 2.75) is 18.7 Å². The fourth-order valence-electron chi connectivity index (χ4n) is 4.11. The van der Waals surface area contributed by atoms with Crippen LogP contribution in [-0.4, -0.2) is 24.9 Å². The summed E-state index contributed by atoms with van der Waals surface area (Å²) in [5.74, 6) is 2.21. The summed E-state index contributed by atoms with van der Waals surface area (Å²) >= 11 is 12.4. The molecule has 2 unspecified atom stereocenters. The van der Waals surface area contributed by atoms with Gasteiger partial charge in [-0.05, 0) is 36.4 Å². The van der Waals surface area contributed by atoms with E-state index >= 15 is 0 Å². The summed E-state index contributed by atoms with van der Waals surface area (Å²) in [4.78, 5) is 0. The Labute approximate surface area is 190 Å². The summed E-state index contributed by atoms with van der Waals surface area (Å²) in [5.41, 5.74) is 3.94. The number of fused-ring (bicyclic) bond motifs is 3. The number of halogens is 2. The molecule has 0 radical (unpaired) electrons. The molecule has 2 aliphatic heterocycles. The van der Waals surface area contributed by atoms with Crippen molar-refractivity contribution < 1.29 is 14.2 Å². The second-order valence-corrected chi connectivity index (χ2v) is 8.21. The molecule has 2 heterocycles. The predicted molar refractivity (Wildman–Crippen MR) is 122 cm³/mol. The van der Waals surface area contributed by atoms with Gasteiger partial charge >= 0.3 is 0 Å². The fourth-order valence-corrected chi connectivity index (χ4v) is 4.42. The van der Waals surface area contributed by atoms with Crippen LogP contribution in [0.5, 0.6) is 17.2 Å². The summed E-state index contributed by atoms with van der Waals surface area (Å²) in [6, 6.07) is 19.5. The van der Waals surface area contributed by atoms with Crippen LogP contribution in [0, 0.1) is 0 Å². The van der Waals surface area contributed by atoms with E-state index in [0.717, 1.165) is 34.6 Å². The van der Waals surface area contributed by atoms with Crippen molar-refractivity contribution in [3.8, 4) is 17.2 Å². The molecule has 2 atom stereocenters. The van der Waals surface area contributed by atoms with E-state index in [2.05, 4.69) is 6.07 Å². The zero-order valence-electron chi connectivity index (χ0n) is 17.0. The van der Waals surface area contributed by atoms with Crippen molar-refractivity contribution in [2.24, 2.45) is 5.10 Å². The van der Waals surface area contributed by atoms with E-state index in [1.54, 1.807) is 20.3 Å². The third-order valence-corrected chi connectivity index (χ3v) is 6.38. The Balaban J connectivity index is 1.58. The molecule has 0 fully saturated rings. The van der Waals surface area contributed by atoms with Gasteiger partial charge in [0.25, 0.3) is 0 Å². The number of hydrogen-bond acceptors (Lipinski definition) is 5. The van der Waals surface area contributed by atoms with Crippen molar-refractivity contribution >= 4 is 28.9 Å². The lowest BCUT2D eigenvalue weighted by Gasteiger charge is -2.38. The van der Waals surface area contributed by atoms with Crippen LogP contribution in [0.25, 0.3) is 0 Å². The molecule has 31 heavy (non-hydrogen) atoms. The molecular formula is C24H20Cl2N2O3. The first-order chi connectivity index (χ1) is 15.1. The monoisotopic (exact) mass is 454 g/mol. The van der Waals surface area contributed by atoms with E-state index in [1.165, 1.54) is 0 Å². The molecular weight excluding hydrogens is 435 g/mol. The van der Waals surface area contributed by atoms with Crippen LogP contribution in [0.3, 0.4) is 0 Å². The van der Waals surface area contributed by atoms with Crippen LogP contribution in [0.4, 0.5) is 0 Å². The van der Waals surface area contributed by atoms with E-state index < -0.39 is 6.23 Å². The van der Waals surface area contributed by atoms with Crippen LogP contribution in [-0.2, 0) is 0 Å². The van der Waals surface area contributed by atoms with Crippen LogP contribution in [0.1, 0.15) is 35.4 Å². The highest BCUT2D eigenvalue weighted by atomic mass is 35.5. The average Bonchev–Trinajstić information content (AvgIpc) is 3.25. The molecule has 0 saturated carbocycles. The van der Waals surface area contributed by atoms with Crippen molar-refractivity contribution in [1.82, 2.24) is 5.01 Å². The van der Waals surface area contributed by atoms with E-state index in [1.807, 2.05) is 53.5 Å². The zero-order valence-corrected chi connectivity index (χ0v) is 18.5. The number of methoxy groups -OCH3 is 2. The van der Waals surface area contributed by atoms with Crippen LogP contribution in [0.15, 0.2) is 65.8 Å². The number of para-hydroxylation sites is 1. The van der Waals surface area contributed by atoms with Gasteiger partial charge in [-0.2, -0.15) is 5.10 Å². The minimum absolute atomic E-state index is 0.0486. The number of nitrogens with zero attached hydrogens (tertiary/aromatic N) is 2. The van der Waals surface area contributed by atoms with E-state index in [-0.39, 0.29) is 6.04 Å². The largest absolute Gasteiger partial charge is 0.493 e. The van der Waals surface area contributed by atoms with Gasteiger partial charge in [0.15, 0.2) is 11.5 Å². The van der Waals surface area contributed by atoms with E-state index in [0.29, 0.717) is 21.5 Å². The van der Waals surface area contributed by atoms with Gasteiger partial charge in [0, 0.05) is 23.1 Å². The Hall–Kier alpha value is -2.89.